The van der Waals surface area contributed by atoms with Gasteiger partial charge >= 0.3 is 0 Å². The van der Waals surface area contributed by atoms with Gasteiger partial charge in [0.2, 0.25) is 0 Å². The molecule has 17 heavy (non-hydrogen) atoms. The summed E-state index contributed by atoms with van der Waals surface area (Å²) in [6.07, 6.45) is 9.10. The molecule has 0 amide bonds. The van der Waals surface area contributed by atoms with Crippen LogP contribution in [0.1, 0.15) is 39.0 Å². The van der Waals surface area contributed by atoms with E-state index >= 15 is 0 Å². The molecule has 1 saturated heterocycles. The Balaban J connectivity index is 2.00. The summed E-state index contributed by atoms with van der Waals surface area (Å²) in [6, 6.07) is 0.360. The maximum atomic E-state index is 5.86. The Hall–Kier alpha value is -0.380. The van der Waals surface area contributed by atoms with E-state index in [4.69, 9.17) is 9.47 Å². The van der Waals surface area contributed by atoms with E-state index in [9.17, 15) is 0 Å². The predicted molar refractivity (Wildman–Crippen MR) is 69.2 cm³/mol. The quantitative estimate of drug-likeness (QED) is 0.763. The molecular formula is C14H25NO2. The van der Waals surface area contributed by atoms with E-state index in [1.165, 1.54) is 32.1 Å². The maximum absolute atomic E-state index is 5.86. The zero-order chi connectivity index (χ0) is 11.9. The fraction of sp³-hybridized carbons (Fsp3) is 0.857. The molecule has 0 aromatic rings. The molecule has 3 heteroatoms. The third-order valence-corrected chi connectivity index (χ3v) is 3.61. The number of rotatable bonds is 4. The molecule has 3 nitrogen and oxygen atoms in total. The summed E-state index contributed by atoms with van der Waals surface area (Å²) < 4.78 is 11.4. The number of ether oxygens (including phenoxy) is 2. The summed E-state index contributed by atoms with van der Waals surface area (Å²) in [6.45, 7) is 5.36. The van der Waals surface area contributed by atoms with Crippen LogP contribution in [-0.4, -0.2) is 38.5 Å². The van der Waals surface area contributed by atoms with Crippen LogP contribution in [0.15, 0.2) is 11.6 Å². The normalized spacial score (nSPS) is 28.3. The van der Waals surface area contributed by atoms with E-state index in [2.05, 4.69) is 18.3 Å². The summed E-state index contributed by atoms with van der Waals surface area (Å²) in [7, 11) is 0. The third-order valence-electron chi connectivity index (χ3n) is 3.61. The van der Waals surface area contributed by atoms with Crippen molar-refractivity contribution in [3.63, 3.8) is 0 Å². The van der Waals surface area contributed by atoms with Crippen molar-refractivity contribution in [1.29, 1.82) is 0 Å². The van der Waals surface area contributed by atoms with Gasteiger partial charge in [0.15, 0.2) is 0 Å². The standard InChI is InChI=1S/C14H25NO2/c1-2-15-14(13-11-16-9-10-17-13)12-7-5-3-4-6-8-12/h7,13-15H,2-6,8-11H2,1H3. The second-order valence-corrected chi connectivity index (χ2v) is 4.90. The first kappa shape index (κ1) is 13.1. The first-order chi connectivity index (χ1) is 8.42. The molecule has 1 fully saturated rings. The van der Waals surface area contributed by atoms with Gasteiger partial charge in [0.05, 0.1) is 32.0 Å². The summed E-state index contributed by atoms with van der Waals surface area (Å²) in [5.41, 5.74) is 1.54. The van der Waals surface area contributed by atoms with Crippen molar-refractivity contribution < 1.29 is 9.47 Å². The minimum Gasteiger partial charge on any atom is -0.376 e. The molecular weight excluding hydrogens is 214 g/mol. The molecule has 2 rings (SSSR count). The third kappa shape index (κ3) is 3.80. The Morgan fingerprint density at radius 2 is 2.29 bits per heavy atom. The van der Waals surface area contributed by atoms with Crippen molar-refractivity contribution in [3.05, 3.63) is 11.6 Å². The Morgan fingerprint density at radius 1 is 1.35 bits per heavy atom. The molecule has 1 N–H and O–H groups in total. The van der Waals surface area contributed by atoms with Gasteiger partial charge in [-0.2, -0.15) is 0 Å². The molecule has 0 spiro atoms. The van der Waals surface area contributed by atoms with Gasteiger partial charge in [0.1, 0.15) is 0 Å². The van der Waals surface area contributed by atoms with E-state index in [1.807, 2.05) is 0 Å². The highest BCUT2D eigenvalue weighted by atomic mass is 16.6. The largest absolute Gasteiger partial charge is 0.376 e. The van der Waals surface area contributed by atoms with Crippen molar-refractivity contribution in [2.45, 2.75) is 51.2 Å². The van der Waals surface area contributed by atoms with Gasteiger partial charge in [-0.1, -0.05) is 25.0 Å². The summed E-state index contributed by atoms with van der Waals surface area (Å²) in [5, 5.41) is 3.58. The lowest BCUT2D eigenvalue weighted by atomic mass is 9.97. The van der Waals surface area contributed by atoms with Crippen LogP contribution in [0.4, 0.5) is 0 Å². The first-order valence-corrected chi connectivity index (χ1v) is 7.03. The second-order valence-electron chi connectivity index (χ2n) is 4.90. The van der Waals surface area contributed by atoms with Crippen molar-refractivity contribution in [2.24, 2.45) is 0 Å². The molecule has 0 saturated carbocycles. The molecule has 1 aliphatic heterocycles. The van der Waals surface area contributed by atoms with Gasteiger partial charge in [-0.3, -0.25) is 0 Å². The van der Waals surface area contributed by atoms with Gasteiger partial charge in [-0.15, -0.1) is 0 Å². The van der Waals surface area contributed by atoms with Crippen LogP contribution in [0.5, 0.6) is 0 Å². The van der Waals surface area contributed by atoms with Crippen molar-refractivity contribution in [2.75, 3.05) is 26.4 Å². The van der Waals surface area contributed by atoms with Crippen molar-refractivity contribution in [1.82, 2.24) is 5.32 Å². The molecule has 1 aliphatic carbocycles. The zero-order valence-corrected chi connectivity index (χ0v) is 10.9. The SMILES string of the molecule is CCNC(C1=CCCCCC1)C1COCCO1. The fourth-order valence-corrected chi connectivity index (χ4v) is 2.74. The highest BCUT2D eigenvalue weighted by Crippen LogP contribution is 2.23. The van der Waals surface area contributed by atoms with Crippen molar-refractivity contribution in [3.8, 4) is 0 Å². The summed E-state index contributed by atoms with van der Waals surface area (Å²) in [4.78, 5) is 0. The zero-order valence-electron chi connectivity index (χ0n) is 10.9. The lowest BCUT2D eigenvalue weighted by molar-refractivity contribution is -0.0969. The predicted octanol–water partition coefficient (Wildman–Crippen LogP) is 2.27. The minimum absolute atomic E-state index is 0.202. The average molecular weight is 239 g/mol. The van der Waals surface area contributed by atoms with E-state index in [0.29, 0.717) is 6.04 Å². The number of allylic oxidation sites excluding steroid dienone is 1. The average Bonchev–Trinajstić information content (AvgIpc) is 2.66. The number of likely N-dealkylation sites (N-methyl/N-ethyl adjacent to an activating group) is 1. The van der Waals surface area contributed by atoms with Crippen LogP contribution in [0, 0.1) is 0 Å². The number of nitrogens with one attached hydrogen (secondary N) is 1. The monoisotopic (exact) mass is 239 g/mol. The topological polar surface area (TPSA) is 30.5 Å². The van der Waals surface area contributed by atoms with Crippen LogP contribution in [-0.2, 0) is 9.47 Å². The molecule has 2 atom stereocenters. The molecule has 0 aromatic carbocycles. The Bertz CT molecular complexity index is 247. The summed E-state index contributed by atoms with van der Waals surface area (Å²) in [5.74, 6) is 0. The number of hydrogen-bond acceptors (Lipinski definition) is 3. The lowest BCUT2D eigenvalue weighted by Gasteiger charge is -2.32. The Morgan fingerprint density at radius 3 is 3.06 bits per heavy atom. The van der Waals surface area contributed by atoms with E-state index < -0.39 is 0 Å². The van der Waals surface area contributed by atoms with Crippen LogP contribution < -0.4 is 5.32 Å². The highest BCUT2D eigenvalue weighted by molar-refractivity contribution is 5.15. The first-order valence-electron chi connectivity index (χ1n) is 7.03. The summed E-state index contributed by atoms with van der Waals surface area (Å²) >= 11 is 0. The molecule has 0 radical (unpaired) electrons. The second kappa shape index (κ2) is 7.14. The van der Waals surface area contributed by atoms with Crippen LogP contribution in [0.3, 0.4) is 0 Å². The number of hydrogen-bond donors (Lipinski definition) is 1. The van der Waals surface area contributed by atoms with Crippen LogP contribution in [0.25, 0.3) is 0 Å². The molecule has 98 valence electrons. The van der Waals surface area contributed by atoms with E-state index in [1.54, 1.807) is 5.57 Å². The minimum atomic E-state index is 0.202. The van der Waals surface area contributed by atoms with Gasteiger partial charge in [-0.05, 0) is 32.2 Å². The molecule has 2 unspecified atom stereocenters. The fourth-order valence-electron chi connectivity index (χ4n) is 2.74. The molecule has 1 heterocycles. The molecule has 2 aliphatic rings. The van der Waals surface area contributed by atoms with Gasteiger partial charge in [-0.25, -0.2) is 0 Å². The Kier molecular flexibility index (Phi) is 5.49. The molecule has 0 aromatic heterocycles. The van der Waals surface area contributed by atoms with Gasteiger partial charge in [0, 0.05) is 0 Å². The van der Waals surface area contributed by atoms with Crippen molar-refractivity contribution >= 4 is 0 Å². The van der Waals surface area contributed by atoms with E-state index in [0.717, 1.165) is 26.4 Å². The smallest absolute Gasteiger partial charge is 0.1000 e. The van der Waals surface area contributed by atoms with Crippen LogP contribution >= 0.6 is 0 Å². The van der Waals surface area contributed by atoms with E-state index in [-0.39, 0.29) is 6.10 Å². The van der Waals surface area contributed by atoms with Gasteiger partial charge < -0.3 is 14.8 Å². The lowest BCUT2D eigenvalue weighted by Crippen LogP contribution is -2.47. The maximum Gasteiger partial charge on any atom is 0.1000 e. The Labute approximate surface area is 105 Å². The highest BCUT2D eigenvalue weighted by Gasteiger charge is 2.27. The molecule has 0 bridgehead atoms. The van der Waals surface area contributed by atoms with Gasteiger partial charge in [0.25, 0.3) is 0 Å². The van der Waals surface area contributed by atoms with Crippen LogP contribution in [0.2, 0.25) is 0 Å².